The van der Waals surface area contributed by atoms with Gasteiger partial charge < -0.3 is 4.74 Å². The summed E-state index contributed by atoms with van der Waals surface area (Å²) in [6.07, 6.45) is 0. The van der Waals surface area contributed by atoms with Crippen molar-refractivity contribution in [3.05, 3.63) is 194 Å². The van der Waals surface area contributed by atoms with Crippen LogP contribution < -0.4 is 35.9 Å². The van der Waals surface area contributed by atoms with E-state index in [4.69, 9.17) is 8.85 Å². The van der Waals surface area contributed by atoms with Crippen molar-refractivity contribution in [3.8, 4) is 56.0 Å². The van der Waals surface area contributed by atoms with Crippen molar-refractivity contribution < 1.29 is 8.85 Å². The fourth-order valence-electron chi connectivity index (χ4n) is 9.00. The van der Waals surface area contributed by atoms with Gasteiger partial charge in [-0.2, -0.15) is 0 Å². The molecule has 8 aromatic rings. The molecule has 252 valence electrons. The summed E-state index contributed by atoms with van der Waals surface area (Å²) in [5.74, 6) is 1.34. The lowest BCUT2D eigenvalue weighted by molar-refractivity contribution is 0.490. The third-order valence-corrected chi connectivity index (χ3v) is 19.1. The maximum Gasteiger partial charge on any atom is 0.183 e. The highest BCUT2D eigenvalue weighted by molar-refractivity contribution is 7.20. The lowest BCUT2D eigenvalue weighted by Crippen LogP contribution is -2.75. The Kier molecular flexibility index (Phi) is 6.63. The normalized spacial score (nSPS) is 16.3. The van der Waals surface area contributed by atoms with Crippen LogP contribution in [0.3, 0.4) is 0 Å². The van der Waals surface area contributed by atoms with Gasteiger partial charge in [0, 0.05) is 4.11 Å². The van der Waals surface area contributed by atoms with Gasteiger partial charge in [0.1, 0.15) is 19.6 Å². The van der Waals surface area contributed by atoms with Gasteiger partial charge in [0.25, 0.3) is 0 Å². The third kappa shape index (κ3) is 4.74. The summed E-state index contributed by atoms with van der Waals surface area (Å²) in [6.45, 7) is -0.213. The SMILES string of the molecule is [2H]C([2H])([2H])[Si]1(C)c2ccccc2Oc2c([Si](c3ccccc3)(c3ccccc3)c3ccc4c(c3)-c3ccccc3-c3ccccc3-c3ccccc3-4)cccc21. The van der Waals surface area contributed by atoms with Crippen molar-refractivity contribution in [2.24, 2.45) is 0 Å². The maximum absolute atomic E-state index is 9.08. The minimum absolute atomic E-state index is 0.643. The molecule has 0 aromatic heterocycles. The topological polar surface area (TPSA) is 9.23 Å². The van der Waals surface area contributed by atoms with E-state index in [1.54, 1.807) is 0 Å². The van der Waals surface area contributed by atoms with Crippen LogP contribution in [0, 0.1) is 0 Å². The van der Waals surface area contributed by atoms with Crippen LogP contribution in [0.5, 0.6) is 11.5 Å². The smallest absolute Gasteiger partial charge is 0.183 e. The average molecular weight is 714 g/mol. The van der Waals surface area contributed by atoms with Crippen LogP contribution in [0.4, 0.5) is 0 Å². The Morgan fingerprint density at radius 2 is 0.868 bits per heavy atom. The minimum Gasteiger partial charge on any atom is -0.458 e. The van der Waals surface area contributed by atoms with Gasteiger partial charge in [-0.05, 0) is 81.7 Å². The third-order valence-electron chi connectivity index (χ3n) is 11.4. The highest BCUT2D eigenvalue weighted by atomic mass is 28.3. The van der Waals surface area contributed by atoms with Crippen molar-refractivity contribution in [3.63, 3.8) is 0 Å². The van der Waals surface area contributed by atoms with Gasteiger partial charge in [0.2, 0.25) is 0 Å². The Hall–Kier alpha value is -6.01. The number of rotatable bonds is 4. The van der Waals surface area contributed by atoms with E-state index in [1.807, 2.05) is 36.9 Å². The number of benzene rings is 8. The van der Waals surface area contributed by atoms with E-state index in [9.17, 15) is 0 Å². The fourth-order valence-corrected chi connectivity index (χ4v) is 16.4. The van der Waals surface area contributed by atoms with Gasteiger partial charge in [0.15, 0.2) is 8.07 Å². The molecular formula is C50H38OSi2. The predicted molar refractivity (Wildman–Crippen MR) is 229 cm³/mol. The van der Waals surface area contributed by atoms with Gasteiger partial charge in [-0.15, -0.1) is 0 Å². The largest absolute Gasteiger partial charge is 0.458 e. The molecule has 10 rings (SSSR count). The van der Waals surface area contributed by atoms with Gasteiger partial charge >= 0.3 is 0 Å². The van der Waals surface area contributed by atoms with Crippen molar-refractivity contribution in [1.29, 1.82) is 0 Å². The second kappa shape index (κ2) is 12.3. The van der Waals surface area contributed by atoms with E-state index in [-0.39, 0.29) is 0 Å². The second-order valence-electron chi connectivity index (χ2n) is 14.3. The molecule has 1 atom stereocenters. The lowest BCUT2D eigenvalue weighted by Gasteiger charge is -2.40. The maximum atomic E-state index is 9.08. The number of fused-ring (bicyclic) bond motifs is 10. The van der Waals surface area contributed by atoms with E-state index in [0.717, 1.165) is 15.6 Å². The van der Waals surface area contributed by atoms with Gasteiger partial charge in [-0.1, -0.05) is 201 Å². The molecule has 3 heteroatoms. The zero-order chi connectivity index (χ0) is 38.1. The van der Waals surface area contributed by atoms with Crippen LogP contribution in [0.25, 0.3) is 44.5 Å². The summed E-state index contributed by atoms with van der Waals surface area (Å²) < 4.78 is 34.3. The number of hydrogen-bond donors (Lipinski definition) is 0. The van der Waals surface area contributed by atoms with Gasteiger partial charge in [-0.25, -0.2) is 0 Å². The molecule has 0 fully saturated rings. The summed E-state index contributed by atoms with van der Waals surface area (Å²) in [4.78, 5) is 0. The van der Waals surface area contributed by atoms with Crippen LogP contribution in [0.2, 0.25) is 13.0 Å². The molecule has 0 saturated carbocycles. The molecule has 0 saturated heterocycles. The quantitative estimate of drug-likeness (QED) is 0.131. The molecule has 0 N–H and O–H groups in total. The molecular weight excluding hydrogens is 673 g/mol. The first kappa shape index (κ1) is 28.6. The van der Waals surface area contributed by atoms with Crippen molar-refractivity contribution in [1.82, 2.24) is 0 Å². The summed E-state index contributed by atoms with van der Waals surface area (Å²) in [5, 5.41) is 6.28. The molecule has 1 heterocycles. The molecule has 0 spiro atoms. The van der Waals surface area contributed by atoms with E-state index in [2.05, 4.69) is 164 Å². The molecule has 1 unspecified atom stereocenters. The van der Waals surface area contributed by atoms with E-state index >= 15 is 0 Å². The fraction of sp³-hybridized carbons (Fsp3) is 0.0400. The predicted octanol–water partition coefficient (Wildman–Crippen LogP) is 8.97. The Labute approximate surface area is 318 Å². The number of hydrogen-bond acceptors (Lipinski definition) is 1. The van der Waals surface area contributed by atoms with Crippen LogP contribution in [0.15, 0.2) is 194 Å². The van der Waals surface area contributed by atoms with Crippen LogP contribution in [-0.2, 0) is 0 Å². The molecule has 0 bridgehead atoms. The zero-order valence-corrected chi connectivity index (χ0v) is 31.4. The molecule has 0 radical (unpaired) electrons. The second-order valence-corrected chi connectivity index (χ2v) is 21.4. The molecule has 2 aliphatic rings. The summed E-state index contributed by atoms with van der Waals surface area (Å²) in [6, 6.07) is 69.2. The molecule has 1 nitrogen and oxygen atoms in total. The first-order valence-corrected chi connectivity index (χ1v) is 22.8. The van der Waals surface area contributed by atoms with Crippen LogP contribution in [-0.4, -0.2) is 16.1 Å². The molecule has 1 aliphatic carbocycles. The number of ether oxygens (including phenoxy) is 1. The van der Waals surface area contributed by atoms with E-state index < -0.39 is 22.6 Å². The first-order chi connectivity index (χ1) is 27.3. The Bertz CT molecular complexity index is 2750. The number of para-hydroxylation sites is 2. The summed E-state index contributed by atoms with van der Waals surface area (Å²) >= 11 is 0. The monoisotopic (exact) mass is 713 g/mol. The Morgan fingerprint density at radius 1 is 0.415 bits per heavy atom. The minimum atomic E-state index is -3.35. The highest BCUT2D eigenvalue weighted by Gasteiger charge is 2.47. The summed E-state index contributed by atoms with van der Waals surface area (Å²) in [5.41, 5.74) is 9.55. The molecule has 1 aliphatic heterocycles. The van der Waals surface area contributed by atoms with Gasteiger partial charge in [0.05, 0.1) is 0 Å². The highest BCUT2D eigenvalue weighted by Crippen LogP contribution is 2.47. The van der Waals surface area contributed by atoms with Crippen LogP contribution >= 0.6 is 0 Å². The van der Waals surface area contributed by atoms with Crippen molar-refractivity contribution >= 4 is 47.3 Å². The Morgan fingerprint density at radius 3 is 1.42 bits per heavy atom. The molecule has 53 heavy (non-hydrogen) atoms. The zero-order valence-electron chi connectivity index (χ0n) is 32.4. The standard InChI is InChI=1S/C50H38OSi2/c1-52(2)47-29-16-15-28-46(47)51-50-48(52)30-17-31-49(50)53(35-18-5-3-6-19-35,36-20-7-4-8-21-36)37-32-33-44-42-26-12-11-24-40(42)38-22-9-10-23-39(38)41-25-13-14-27-43(41)45(44)34-37/h3-34H,1-2H3/i1D3. The molecule has 8 aromatic carbocycles. The molecule has 0 amide bonds. The van der Waals surface area contributed by atoms with E-state index in [1.165, 1.54) is 60.1 Å². The van der Waals surface area contributed by atoms with Crippen molar-refractivity contribution in [2.75, 3.05) is 0 Å². The Balaban J connectivity index is 1.34. The van der Waals surface area contributed by atoms with E-state index in [0.29, 0.717) is 11.5 Å². The van der Waals surface area contributed by atoms with Crippen LogP contribution in [0.1, 0.15) is 4.11 Å². The van der Waals surface area contributed by atoms with Crippen molar-refractivity contribution in [2.45, 2.75) is 13.0 Å². The summed E-state index contributed by atoms with van der Waals surface area (Å²) in [7, 11) is -6.63. The lowest BCUT2D eigenvalue weighted by atomic mass is 9.81. The van der Waals surface area contributed by atoms with Gasteiger partial charge in [-0.3, -0.25) is 0 Å². The first-order valence-electron chi connectivity index (χ1n) is 19.8. The average Bonchev–Trinajstić information content (AvgIpc) is 3.24.